The van der Waals surface area contributed by atoms with E-state index >= 15 is 0 Å². The second kappa shape index (κ2) is 8.36. The molecule has 0 aromatic heterocycles. The minimum absolute atomic E-state index is 0.679. The first kappa shape index (κ1) is 12.8. The van der Waals surface area contributed by atoms with Gasteiger partial charge in [0.1, 0.15) is 0 Å². The van der Waals surface area contributed by atoms with Crippen molar-refractivity contribution in [1.29, 1.82) is 0 Å². The van der Waals surface area contributed by atoms with E-state index in [1.165, 1.54) is 5.57 Å². The van der Waals surface area contributed by atoms with Crippen molar-refractivity contribution in [2.45, 2.75) is 23.2 Å². The van der Waals surface area contributed by atoms with E-state index < -0.39 is 0 Å². The fourth-order valence-electron chi connectivity index (χ4n) is 1.32. The molecule has 0 radical (unpaired) electrons. The third-order valence-electron chi connectivity index (χ3n) is 1.87. The van der Waals surface area contributed by atoms with Crippen LogP contribution in [0.4, 0.5) is 0 Å². The van der Waals surface area contributed by atoms with E-state index in [-0.39, 0.29) is 0 Å². The zero-order valence-corrected chi connectivity index (χ0v) is 14.3. The second-order valence-electron chi connectivity index (χ2n) is 3.31. The molecule has 0 saturated carbocycles. The average molecular weight is 283 g/mol. The van der Waals surface area contributed by atoms with Gasteiger partial charge in [-0.05, 0) is 0 Å². The van der Waals surface area contributed by atoms with E-state index in [1.807, 2.05) is 18.2 Å². The Morgan fingerprint density at radius 3 is 2.00 bits per heavy atom. The molecule has 0 fully saturated rings. The van der Waals surface area contributed by atoms with E-state index in [4.69, 9.17) is 0 Å². The molecular formula is C12H20Sn. The van der Waals surface area contributed by atoms with Crippen LogP contribution in [0.2, 0.25) is 3.93 Å². The third kappa shape index (κ3) is 6.88. The molecule has 0 bridgehead atoms. The van der Waals surface area contributed by atoms with E-state index in [2.05, 4.69) is 25.8 Å². The monoisotopic (exact) mass is 284 g/mol. The van der Waals surface area contributed by atoms with E-state index in [0.717, 1.165) is 23.2 Å². The molecule has 0 N–H and O–H groups in total. The molecule has 0 saturated heterocycles. The predicted molar refractivity (Wildman–Crippen MR) is 66.2 cm³/mol. The van der Waals surface area contributed by atoms with Crippen LogP contribution in [-0.2, 0) is 0 Å². The topological polar surface area (TPSA) is 0 Å². The van der Waals surface area contributed by atoms with Crippen molar-refractivity contribution in [2.24, 2.45) is 0 Å². The second-order valence-corrected chi connectivity index (χ2v) is 7.55. The van der Waals surface area contributed by atoms with Gasteiger partial charge in [0.05, 0.1) is 0 Å². The Kier molecular flexibility index (Phi) is 8.21. The molecule has 13 heavy (non-hydrogen) atoms. The van der Waals surface area contributed by atoms with Gasteiger partial charge in [0, 0.05) is 0 Å². The molecule has 0 nitrogen and oxygen atoms in total. The van der Waals surface area contributed by atoms with Crippen LogP contribution in [0.15, 0.2) is 49.6 Å². The Morgan fingerprint density at radius 1 is 1.08 bits per heavy atom. The number of hydrogen-bond acceptors (Lipinski definition) is 0. The molecular weight excluding hydrogens is 263 g/mol. The molecule has 0 aliphatic carbocycles. The molecule has 1 heteroatoms. The molecule has 72 valence electrons. The van der Waals surface area contributed by atoms with Gasteiger partial charge in [0.15, 0.2) is 0 Å². The van der Waals surface area contributed by atoms with Gasteiger partial charge in [-0.15, -0.1) is 0 Å². The maximum absolute atomic E-state index is 3.76. The fourth-order valence-corrected chi connectivity index (χ4v) is 3.62. The van der Waals surface area contributed by atoms with Gasteiger partial charge in [-0.25, -0.2) is 0 Å². The molecule has 0 rings (SSSR count). The molecule has 0 aromatic carbocycles. The van der Waals surface area contributed by atoms with Crippen molar-refractivity contribution in [1.82, 2.24) is 0 Å². The van der Waals surface area contributed by atoms with Crippen LogP contribution in [0, 0.1) is 0 Å². The van der Waals surface area contributed by atoms with Crippen molar-refractivity contribution in [3.05, 3.63) is 49.6 Å². The molecule has 1 unspecified atom stereocenters. The van der Waals surface area contributed by atoms with Crippen LogP contribution in [0.1, 0.15) is 19.3 Å². The van der Waals surface area contributed by atoms with Crippen LogP contribution in [0.3, 0.4) is 0 Å². The zero-order valence-electron chi connectivity index (χ0n) is 8.63. The van der Waals surface area contributed by atoms with Gasteiger partial charge >= 0.3 is 95.3 Å². The normalized spacial score (nSPS) is 11.7. The quantitative estimate of drug-likeness (QED) is 0.498. The van der Waals surface area contributed by atoms with Crippen LogP contribution >= 0.6 is 0 Å². The van der Waals surface area contributed by atoms with E-state index in [1.54, 1.807) is 0 Å². The standard InChI is InChI=1S/C12H17.Sn.3H/c1-4-7-8-11-12(9-5-2)10-6-3;;;;/h4-6,8,11H,1-3,7,9-10H2;;;;. The van der Waals surface area contributed by atoms with Crippen LogP contribution in [0.5, 0.6) is 0 Å². The van der Waals surface area contributed by atoms with Crippen LogP contribution in [0.25, 0.3) is 0 Å². The average Bonchev–Trinajstić information content (AvgIpc) is 2.05. The van der Waals surface area contributed by atoms with Crippen molar-refractivity contribution >= 4 is 22.5 Å². The van der Waals surface area contributed by atoms with Gasteiger partial charge < -0.3 is 0 Å². The first-order valence-electron chi connectivity index (χ1n) is 4.76. The van der Waals surface area contributed by atoms with Gasteiger partial charge in [-0.1, -0.05) is 0 Å². The summed E-state index contributed by atoms with van der Waals surface area (Å²) in [6.07, 6.45) is 11.5. The first-order valence-corrected chi connectivity index (χ1v) is 8.06. The molecule has 0 heterocycles. The summed E-state index contributed by atoms with van der Waals surface area (Å²) in [5.74, 6) is 0. The predicted octanol–water partition coefficient (Wildman–Crippen LogP) is 2.80. The van der Waals surface area contributed by atoms with Crippen LogP contribution < -0.4 is 0 Å². The number of rotatable bonds is 7. The first-order chi connectivity index (χ1) is 6.24. The van der Waals surface area contributed by atoms with Gasteiger partial charge in [0.2, 0.25) is 0 Å². The SMILES string of the molecule is C=CCC(=C[CH]([SnH3])CC=C)CC=C. The minimum atomic E-state index is 0.679. The molecule has 0 aliphatic heterocycles. The zero-order chi connectivity index (χ0) is 10.1. The Morgan fingerprint density at radius 2 is 1.62 bits per heavy atom. The van der Waals surface area contributed by atoms with Crippen molar-refractivity contribution < 1.29 is 0 Å². The van der Waals surface area contributed by atoms with Gasteiger partial charge in [0.25, 0.3) is 0 Å². The molecule has 0 amide bonds. The summed E-state index contributed by atoms with van der Waals surface area (Å²) in [5, 5.41) is 0. The van der Waals surface area contributed by atoms with Gasteiger partial charge in [-0.2, -0.15) is 0 Å². The number of allylic oxidation sites excluding steroid dienone is 5. The summed E-state index contributed by atoms with van der Waals surface area (Å²) < 4.78 is 0.786. The van der Waals surface area contributed by atoms with Crippen molar-refractivity contribution in [3.63, 3.8) is 0 Å². The molecule has 1 atom stereocenters. The Bertz CT molecular complexity index is 189. The number of hydrogen-bond donors (Lipinski definition) is 0. The Hall–Kier alpha value is -0.241. The summed E-state index contributed by atoms with van der Waals surface area (Å²) in [4.78, 5) is 0. The molecule has 0 aromatic rings. The van der Waals surface area contributed by atoms with Crippen molar-refractivity contribution in [2.75, 3.05) is 0 Å². The van der Waals surface area contributed by atoms with Crippen LogP contribution in [-0.4, -0.2) is 22.5 Å². The Labute approximate surface area is 95.2 Å². The van der Waals surface area contributed by atoms with E-state index in [0.29, 0.717) is 22.5 Å². The van der Waals surface area contributed by atoms with Crippen molar-refractivity contribution in [3.8, 4) is 0 Å². The summed E-state index contributed by atoms with van der Waals surface area (Å²) in [6, 6.07) is 0. The Balaban J connectivity index is 4.21. The third-order valence-corrected chi connectivity index (χ3v) is 4.17. The van der Waals surface area contributed by atoms with Gasteiger partial charge in [-0.3, -0.25) is 0 Å². The summed E-state index contributed by atoms with van der Waals surface area (Å²) >= 11 is 0.679. The van der Waals surface area contributed by atoms with E-state index in [9.17, 15) is 0 Å². The molecule has 0 spiro atoms. The summed E-state index contributed by atoms with van der Waals surface area (Å²) in [6.45, 7) is 11.3. The maximum atomic E-state index is 3.76. The summed E-state index contributed by atoms with van der Waals surface area (Å²) in [5.41, 5.74) is 1.45. The molecule has 0 aliphatic rings. The fraction of sp³-hybridized carbons (Fsp3) is 0.333. The summed E-state index contributed by atoms with van der Waals surface area (Å²) in [7, 11) is 0.